The largest absolute Gasteiger partial charge is 0.304 e. The second-order valence-corrected chi connectivity index (χ2v) is 4.14. The predicted molar refractivity (Wildman–Crippen MR) is 62.2 cm³/mol. The third-order valence-electron chi connectivity index (χ3n) is 2.50. The van der Waals surface area contributed by atoms with E-state index in [0.717, 1.165) is 11.9 Å². The first-order chi connectivity index (χ1) is 8.06. The lowest BCUT2D eigenvalue weighted by atomic mass is 10.1. The standard InChI is InChI=1S/C11H11F2N3S/c1-7-14-15-11(17)16(7)3-2-8-4-9(12)6-10(13)5-8/h4-6H,2-3H2,1H3,(H,15,17). The molecule has 0 radical (unpaired) electrons. The molecule has 17 heavy (non-hydrogen) atoms. The van der Waals surface area contributed by atoms with Gasteiger partial charge in [-0.3, -0.25) is 5.10 Å². The molecule has 0 fully saturated rings. The van der Waals surface area contributed by atoms with Crippen LogP contribution in [0.4, 0.5) is 8.78 Å². The molecule has 1 N–H and O–H groups in total. The molecule has 1 heterocycles. The van der Waals surface area contributed by atoms with Gasteiger partial charge in [0.2, 0.25) is 0 Å². The summed E-state index contributed by atoms with van der Waals surface area (Å²) in [5, 5.41) is 6.62. The third-order valence-corrected chi connectivity index (χ3v) is 2.81. The van der Waals surface area contributed by atoms with E-state index in [2.05, 4.69) is 10.2 Å². The van der Waals surface area contributed by atoms with E-state index in [0.29, 0.717) is 23.3 Å². The van der Waals surface area contributed by atoms with Gasteiger partial charge in [0.05, 0.1) is 0 Å². The summed E-state index contributed by atoms with van der Waals surface area (Å²) < 4.78 is 28.2. The van der Waals surface area contributed by atoms with Crippen molar-refractivity contribution in [3.8, 4) is 0 Å². The van der Waals surface area contributed by atoms with Crippen molar-refractivity contribution in [2.45, 2.75) is 19.9 Å². The molecule has 0 amide bonds. The molecule has 90 valence electrons. The van der Waals surface area contributed by atoms with Gasteiger partial charge in [-0.25, -0.2) is 8.78 Å². The highest BCUT2D eigenvalue weighted by Gasteiger charge is 2.04. The summed E-state index contributed by atoms with van der Waals surface area (Å²) in [5.74, 6) is -0.369. The van der Waals surface area contributed by atoms with Crippen LogP contribution in [0.3, 0.4) is 0 Å². The van der Waals surface area contributed by atoms with Crippen LogP contribution in [0.25, 0.3) is 0 Å². The molecule has 0 aliphatic carbocycles. The van der Waals surface area contributed by atoms with E-state index in [1.54, 1.807) is 4.57 Å². The van der Waals surface area contributed by atoms with Gasteiger partial charge in [-0.05, 0) is 43.3 Å². The lowest BCUT2D eigenvalue weighted by molar-refractivity contribution is 0.575. The van der Waals surface area contributed by atoms with Gasteiger partial charge in [0.25, 0.3) is 0 Å². The molecule has 0 bridgehead atoms. The zero-order valence-corrected chi connectivity index (χ0v) is 10.0. The van der Waals surface area contributed by atoms with Gasteiger partial charge < -0.3 is 4.57 Å². The Bertz CT molecular complexity index is 568. The molecule has 0 spiro atoms. The van der Waals surface area contributed by atoms with E-state index >= 15 is 0 Å². The SMILES string of the molecule is Cc1n[nH]c(=S)n1CCc1cc(F)cc(F)c1. The second kappa shape index (κ2) is 4.75. The first kappa shape index (κ1) is 11.9. The number of nitrogens with one attached hydrogen (secondary N) is 1. The van der Waals surface area contributed by atoms with E-state index in [4.69, 9.17) is 12.2 Å². The summed E-state index contributed by atoms with van der Waals surface area (Å²) >= 11 is 5.04. The molecule has 1 aromatic carbocycles. The van der Waals surface area contributed by atoms with Crippen molar-refractivity contribution in [1.29, 1.82) is 0 Å². The molecule has 0 saturated heterocycles. The molecule has 1 aromatic heterocycles. The Morgan fingerprint density at radius 1 is 1.29 bits per heavy atom. The van der Waals surface area contributed by atoms with Gasteiger partial charge >= 0.3 is 0 Å². The van der Waals surface area contributed by atoms with E-state index in [9.17, 15) is 8.78 Å². The monoisotopic (exact) mass is 255 g/mol. The fourth-order valence-corrected chi connectivity index (χ4v) is 1.92. The minimum absolute atomic E-state index is 0.503. The van der Waals surface area contributed by atoms with Crippen LogP contribution < -0.4 is 0 Å². The molecule has 0 unspecified atom stereocenters. The molecule has 3 nitrogen and oxygen atoms in total. The summed E-state index contributed by atoms with van der Waals surface area (Å²) in [6, 6.07) is 3.50. The number of hydrogen-bond acceptors (Lipinski definition) is 2. The third kappa shape index (κ3) is 2.76. The Kier molecular flexibility index (Phi) is 3.33. The zero-order valence-electron chi connectivity index (χ0n) is 9.20. The minimum Gasteiger partial charge on any atom is -0.304 e. The van der Waals surface area contributed by atoms with Gasteiger partial charge in [-0.15, -0.1) is 0 Å². The minimum atomic E-state index is -0.562. The molecular formula is C11H11F2N3S. The summed E-state index contributed by atoms with van der Waals surface area (Å²) in [4.78, 5) is 0. The van der Waals surface area contributed by atoms with Crippen molar-refractivity contribution in [1.82, 2.24) is 14.8 Å². The summed E-state index contributed by atoms with van der Waals surface area (Å²) in [5.41, 5.74) is 0.602. The Hall–Kier alpha value is -1.56. The Labute approximate surface area is 102 Å². The average molecular weight is 255 g/mol. The van der Waals surface area contributed by atoms with Gasteiger partial charge in [0.15, 0.2) is 4.77 Å². The maximum absolute atomic E-state index is 13.0. The van der Waals surface area contributed by atoms with Crippen LogP contribution in [0.15, 0.2) is 18.2 Å². The number of hydrogen-bond donors (Lipinski definition) is 1. The number of benzene rings is 1. The molecule has 6 heteroatoms. The maximum Gasteiger partial charge on any atom is 0.195 e. The van der Waals surface area contributed by atoms with Crippen LogP contribution in [0.2, 0.25) is 0 Å². The number of nitrogens with zero attached hydrogens (tertiary/aromatic N) is 2. The molecule has 2 aromatic rings. The molecule has 0 atom stereocenters. The van der Waals surface area contributed by atoms with Gasteiger partial charge in [-0.1, -0.05) is 0 Å². The molecule has 2 rings (SSSR count). The smallest absolute Gasteiger partial charge is 0.195 e. The highest BCUT2D eigenvalue weighted by molar-refractivity contribution is 7.71. The van der Waals surface area contributed by atoms with Crippen molar-refractivity contribution < 1.29 is 8.78 Å². The predicted octanol–water partition coefficient (Wildman–Crippen LogP) is 2.77. The van der Waals surface area contributed by atoms with Crippen LogP contribution in [0.1, 0.15) is 11.4 Å². The number of H-pyrrole nitrogens is 1. The summed E-state index contributed by atoms with van der Waals surface area (Å²) in [7, 11) is 0. The molecular weight excluding hydrogens is 244 g/mol. The zero-order chi connectivity index (χ0) is 12.4. The fraction of sp³-hybridized carbons (Fsp3) is 0.273. The first-order valence-electron chi connectivity index (χ1n) is 5.13. The average Bonchev–Trinajstić information content (AvgIpc) is 2.55. The number of aromatic amines is 1. The van der Waals surface area contributed by atoms with E-state index in [-0.39, 0.29) is 0 Å². The lowest BCUT2D eigenvalue weighted by Gasteiger charge is -2.04. The van der Waals surface area contributed by atoms with E-state index < -0.39 is 11.6 Å². The van der Waals surface area contributed by atoms with Gasteiger partial charge in [0, 0.05) is 12.6 Å². The van der Waals surface area contributed by atoms with Gasteiger partial charge in [0.1, 0.15) is 17.5 Å². The van der Waals surface area contributed by atoms with Crippen LogP contribution >= 0.6 is 12.2 Å². The quantitative estimate of drug-likeness (QED) is 0.856. The van der Waals surface area contributed by atoms with E-state index in [1.807, 2.05) is 6.92 Å². The Balaban J connectivity index is 2.15. The van der Waals surface area contributed by atoms with E-state index in [1.165, 1.54) is 12.1 Å². The van der Waals surface area contributed by atoms with Crippen LogP contribution in [0.5, 0.6) is 0 Å². The van der Waals surface area contributed by atoms with Crippen molar-refractivity contribution in [3.63, 3.8) is 0 Å². The summed E-state index contributed by atoms with van der Waals surface area (Å²) in [6.45, 7) is 2.36. The summed E-state index contributed by atoms with van der Waals surface area (Å²) in [6.07, 6.45) is 0.503. The highest BCUT2D eigenvalue weighted by Crippen LogP contribution is 2.10. The van der Waals surface area contributed by atoms with Crippen molar-refractivity contribution in [2.75, 3.05) is 0 Å². The maximum atomic E-state index is 13.0. The number of rotatable bonds is 3. The normalized spacial score (nSPS) is 10.8. The van der Waals surface area contributed by atoms with Crippen molar-refractivity contribution in [2.24, 2.45) is 0 Å². The van der Waals surface area contributed by atoms with Crippen molar-refractivity contribution >= 4 is 12.2 Å². The van der Waals surface area contributed by atoms with Crippen LogP contribution in [-0.2, 0) is 13.0 Å². The number of aromatic nitrogens is 3. The fourth-order valence-electron chi connectivity index (χ4n) is 1.66. The number of halogens is 2. The topological polar surface area (TPSA) is 33.6 Å². The highest BCUT2D eigenvalue weighted by atomic mass is 32.1. The Morgan fingerprint density at radius 2 is 1.94 bits per heavy atom. The first-order valence-corrected chi connectivity index (χ1v) is 5.54. The Morgan fingerprint density at radius 3 is 2.47 bits per heavy atom. The lowest BCUT2D eigenvalue weighted by Crippen LogP contribution is -2.04. The molecule has 0 saturated carbocycles. The molecule has 0 aliphatic heterocycles. The van der Waals surface area contributed by atoms with Crippen LogP contribution in [0, 0.1) is 23.3 Å². The van der Waals surface area contributed by atoms with Crippen molar-refractivity contribution in [3.05, 3.63) is 46.0 Å². The van der Waals surface area contributed by atoms with Gasteiger partial charge in [-0.2, -0.15) is 5.10 Å². The second-order valence-electron chi connectivity index (χ2n) is 3.76. The molecule has 0 aliphatic rings. The number of aryl methyl sites for hydroxylation is 2. The van der Waals surface area contributed by atoms with Crippen LogP contribution in [-0.4, -0.2) is 14.8 Å².